The number of carboxylic acids is 1. The number of aliphatic carboxylic acids is 1. The van der Waals surface area contributed by atoms with Gasteiger partial charge in [-0.1, -0.05) is 0 Å². The lowest BCUT2D eigenvalue weighted by molar-refractivity contribution is -0.319. The second-order valence-corrected chi connectivity index (χ2v) is 8.04. The van der Waals surface area contributed by atoms with Crippen molar-refractivity contribution in [3.8, 4) is 5.75 Å². The minimum Gasteiger partial charge on any atom is -0.476 e. The molecule has 33 heavy (non-hydrogen) atoms. The van der Waals surface area contributed by atoms with Gasteiger partial charge in [0, 0.05) is 24.4 Å². The first kappa shape index (κ1) is 24.6. The summed E-state index contributed by atoms with van der Waals surface area (Å²) in [6.07, 6.45) is -6.02. The Balaban J connectivity index is 2.06. The van der Waals surface area contributed by atoms with E-state index in [0.29, 0.717) is 5.39 Å². The predicted molar refractivity (Wildman–Crippen MR) is 110 cm³/mol. The maximum Gasteiger partial charge on any atom is 0.377 e. The molecule has 0 bridgehead atoms. The van der Waals surface area contributed by atoms with Gasteiger partial charge in [-0.05, 0) is 25.1 Å². The average Bonchev–Trinajstić information content (AvgIpc) is 2.74. The molecular formula is C21H25NO11. The van der Waals surface area contributed by atoms with Crippen LogP contribution in [0.15, 0.2) is 39.5 Å². The van der Waals surface area contributed by atoms with E-state index in [2.05, 4.69) is 5.32 Å². The van der Waals surface area contributed by atoms with Gasteiger partial charge in [0.15, 0.2) is 0 Å². The average molecular weight is 467 g/mol. The van der Waals surface area contributed by atoms with E-state index in [1.54, 1.807) is 0 Å². The summed E-state index contributed by atoms with van der Waals surface area (Å²) in [7, 11) is 0. The van der Waals surface area contributed by atoms with Crippen LogP contribution in [-0.2, 0) is 14.3 Å². The molecule has 1 aromatic heterocycles. The molecule has 6 atom stereocenters. The number of hydrogen-bond acceptors (Lipinski definition) is 10. The number of benzene rings is 1. The zero-order valence-electron chi connectivity index (χ0n) is 17.8. The Morgan fingerprint density at radius 2 is 1.94 bits per heavy atom. The van der Waals surface area contributed by atoms with E-state index in [0.717, 1.165) is 6.92 Å². The van der Waals surface area contributed by atoms with Gasteiger partial charge in [0.25, 0.3) is 0 Å². The van der Waals surface area contributed by atoms with Gasteiger partial charge in [-0.15, -0.1) is 0 Å². The zero-order chi connectivity index (χ0) is 24.6. The van der Waals surface area contributed by atoms with Crippen LogP contribution in [0.4, 0.5) is 0 Å². The highest BCUT2D eigenvalue weighted by Gasteiger charge is 2.62. The van der Waals surface area contributed by atoms with Gasteiger partial charge in [-0.2, -0.15) is 0 Å². The standard InChI is InChI=1S/C21H25NO11/c1-10(24)22-17-13(25)8-21(19(29)30,33-20(17,2)18(28)14(26)9-23)32-12-5-3-11-4-6-16(27)31-15(11)7-12/h3-7,13-14,17-18,23,25-26,28H,8-9H2,1-2H3,(H,22,24)(H,29,30)/t13-,14+,17+,18+,20+,21-/m0/s1. The number of aliphatic hydroxyl groups excluding tert-OH is 4. The number of amides is 1. The summed E-state index contributed by atoms with van der Waals surface area (Å²) in [5.74, 6) is -4.96. The topological polar surface area (TPSA) is 196 Å². The van der Waals surface area contributed by atoms with Gasteiger partial charge in [-0.25, -0.2) is 9.59 Å². The van der Waals surface area contributed by atoms with E-state index in [9.17, 15) is 39.9 Å². The number of carbonyl (C=O) groups excluding carboxylic acids is 1. The minimum atomic E-state index is -2.58. The molecule has 12 heteroatoms. The van der Waals surface area contributed by atoms with Gasteiger partial charge in [0.1, 0.15) is 29.1 Å². The molecule has 0 saturated carbocycles. The van der Waals surface area contributed by atoms with Crippen LogP contribution in [0.5, 0.6) is 5.75 Å². The number of hydrogen-bond donors (Lipinski definition) is 6. The molecule has 1 aromatic carbocycles. The third-order valence-electron chi connectivity index (χ3n) is 5.57. The van der Waals surface area contributed by atoms with Crippen molar-refractivity contribution in [1.82, 2.24) is 5.32 Å². The third-order valence-corrected chi connectivity index (χ3v) is 5.57. The largest absolute Gasteiger partial charge is 0.476 e. The maximum atomic E-state index is 12.3. The molecule has 2 aromatic rings. The number of nitrogens with one attached hydrogen (secondary N) is 1. The summed E-state index contributed by atoms with van der Waals surface area (Å²) in [5.41, 5.74) is -2.65. The number of ether oxygens (including phenoxy) is 2. The van der Waals surface area contributed by atoms with Crippen molar-refractivity contribution in [3.63, 3.8) is 0 Å². The number of rotatable bonds is 7. The summed E-state index contributed by atoms with van der Waals surface area (Å²) in [6, 6.07) is 5.50. The SMILES string of the molecule is CC(=O)N[C@@H]1[C@@H](O)C[C@@](Oc2ccc3ccc(=O)oc3c2)(C(=O)O)O[C@@]1(C)[C@H](O)[C@H](O)CO. The lowest BCUT2D eigenvalue weighted by Crippen LogP contribution is -2.74. The summed E-state index contributed by atoms with van der Waals surface area (Å²) in [6.45, 7) is 1.40. The number of carboxylic acid groups (broad SMARTS) is 1. The molecule has 0 radical (unpaired) electrons. The molecule has 0 unspecified atom stereocenters. The molecule has 3 rings (SSSR count). The van der Waals surface area contributed by atoms with Crippen LogP contribution in [0.3, 0.4) is 0 Å². The van der Waals surface area contributed by atoms with Gasteiger partial charge in [0.05, 0.1) is 25.2 Å². The first-order valence-electron chi connectivity index (χ1n) is 10.0. The van der Waals surface area contributed by atoms with Gasteiger partial charge >= 0.3 is 17.4 Å². The second kappa shape index (κ2) is 9.08. The van der Waals surface area contributed by atoms with Crippen LogP contribution in [-0.4, -0.2) is 79.8 Å². The molecule has 0 spiro atoms. The van der Waals surface area contributed by atoms with Crippen molar-refractivity contribution < 1.29 is 49.0 Å². The maximum absolute atomic E-state index is 12.3. The Hall–Kier alpha value is -3.03. The number of fused-ring (bicyclic) bond motifs is 1. The molecule has 1 amide bonds. The fraction of sp³-hybridized carbons (Fsp3) is 0.476. The highest BCUT2D eigenvalue weighted by Crippen LogP contribution is 2.41. The van der Waals surface area contributed by atoms with Gasteiger partial charge in [-0.3, -0.25) is 4.79 Å². The van der Waals surface area contributed by atoms with Crippen molar-refractivity contribution in [2.45, 2.75) is 56.0 Å². The first-order chi connectivity index (χ1) is 15.4. The summed E-state index contributed by atoms with van der Waals surface area (Å²) >= 11 is 0. The smallest absolute Gasteiger partial charge is 0.377 e. The normalized spacial score (nSPS) is 29.3. The van der Waals surface area contributed by atoms with E-state index < -0.39 is 66.3 Å². The van der Waals surface area contributed by atoms with Crippen molar-refractivity contribution >= 4 is 22.8 Å². The summed E-state index contributed by atoms with van der Waals surface area (Å²) in [5, 5.41) is 53.6. The molecule has 1 saturated heterocycles. The highest BCUT2D eigenvalue weighted by molar-refractivity contribution is 5.79. The molecule has 1 fully saturated rings. The predicted octanol–water partition coefficient (Wildman–Crippen LogP) is -1.29. The molecule has 2 heterocycles. The van der Waals surface area contributed by atoms with Crippen molar-refractivity contribution in [3.05, 3.63) is 40.8 Å². The molecule has 6 N–H and O–H groups in total. The van der Waals surface area contributed by atoms with Crippen LogP contribution in [0, 0.1) is 0 Å². The van der Waals surface area contributed by atoms with Crippen LogP contribution in [0.25, 0.3) is 11.0 Å². The minimum absolute atomic E-state index is 0.0935. The van der Waals surface area contributed by atoms with Crippen molar-refractivity contribution in [2.75, 3.05) is 6.61 Å². The first-order valence-corrected chi connectivity index (χ1v) is 10.0. The lowest BCUT2D eigenvalue weighted by Gasteiger charge is -2.52. The molecule has 1 aliphatic heterocycles. The highest BCUT2D eigenvalue weighted by atomic mass is 16.7. The van der Waals surface area contributed by atoms with Gasteiger partial charge in [0.2, 0.25) is 5.91 Å². The molecule has 1 aliphatic rings. The number of carbonyl (C=O) groups is 2. The quantitative estimate of drug-likeness (QED) is 0.265. The Kier molecular flexibility index (Phi) is 6.77. The molecular weight excluding hydrogens is 442 g/mol. The van der Waals surface area contributed by atoms with E-state index in [4.69, 9.17) is 13.9 Å². The fourth-order valence-corrected chi connectivity index (χ4v) is 3.95. The van der Waals surface area contributed by atoms with Crippen LogP contribution in [0.2, 0.25) is 0 Å². The third kappa shape index (κ3) is 4.70. The molecule has 12 nitrogen and oxygen atoms in total. The van der Waals surface area contributed by atoms with Crippen LogP contribution < -0.4 is 15.7 Å². The number of aliphatic hydroxyl groups is 4. The molecule has 180 valence electrons. The zero-order valence-corrected chi connectivity index (χ0v) is 17.8. The van der Waals surface area contributed by atoms with Crippen LogP contribution >= 0.6 is 0 Å². The molecule has 0 aliphatic carbocycles. The Morgan fingerprint density at radius 1 is 1.27 bits per heavy atom. The van der Waals surface area contributed by atoms with Crippen LogP contribution in [0.1, 0.15) is 20.3 Å². The summed E-state index contributed by atoms with van der Waals surface area (Å²) in [4.78, 5) is 35.5. The van der Waals surface area contributed by atoms with E-state index in [-0.39, 0.29) is 11.3 Å². The van der Waals surface area contributed by atoms with E-state index in [1.807, 2.05) is 0 Å². The Morgan fingerprint density at radius 3 is 2.55 bits per heavy atom. The van der Waals surface area contributed by atoms with Crippen molar-refractivity contribution in [2.24, 2.45) is 0 Å². The van der Waals surface area contributed by atoms with E-state index in [1.165, 1.54) is 37.3 Å². The summed E-state index contributed by atoms with van der Waals surface area (Å²) < 4.78 is 16.4. The second-order valence-electron chi connectivity index (χ2n) is 8.04. The Labute approximate surface area is 187 Å². The van der Waals surface area contributed by atoms with E-state index >= 15 is 0 Å². The Bertz CT molecular complexity index is 1100. The van der Waals surface area contributed by atoms with Crippen molar-refractivity contribution in [1.29, 1.82) is 0 Å². The lowest BCUT2D eigenvalue weighted by atomic mass is 9.78. The van der Waals surface area contributed by atoms with Gasteiger partial charge < -0.3 is 44.7 Å². The fourth-order valence-electron chi connectivity index (χ4n) is 3.95. The monoisotopic (exact) mass is 467 g/mol.